The molecule has 1 aromatic heterocycles. The Labute approximate surface area is 119 Å². The first-order chi connectivity index (χ1) is 10.1. The van der Waals surface area contributed by atoms with Crippen LogP contribution in [0.15, 0.2) is 24.3 Å². The first-order valence-electron chi connectivity index (χ1n) is 6.60. The lowest BCUT2D eigenvalue weighted by Gasteiger charge is -2.25. The Kier molecular flexibility index (Phi) is 3.54. The lowest BCUT2D eigenvalue weighted by atomic mass is 10.1. The normalized spacial score (nSPS) is 16.2. The number of piperazine rings is 1. The van der Waals surface area contributed by atoms with Crippen LogP contribution in [0, 0.1) is 0 Å². The van der Waals surface area contributed by atoms with Gasteiger partial charge in [0.1, 0.15) is 0 Å². The minimum absolute atomic E-state index is 0.0129. The quantitative estimate of drug-likeness (QED) is 0.889. The molecule has 21 heavy (non-hydrogen) atoms. The lowest BCUT2D eigenvalue weighted by Crippen LogP contribution is -2.44. The Hall–Kier alpha value is -2.09. The third-order valence-electron chi connectivity index (χ3n) is 3.36. The molecule has 5 nitrogen and oxygen atoms in total. The summed E-state index contributed by atoms with van der Waals surface area (Å²) in [5.74, 6) is 0.569. The summed E-state index contributed by atoms with van der Waals surface area (Å²) in [6, 6.07) is 5.35. The average Bonchev–Trinajstić information content (AvgIpc) is 2.97. The second kappa shape index (κ2) is 5.36. The first kappa shape index (κ1) is 13.9. The minimum Gasteiger partial charge on any atom is -0.337 e. The van der Waals surface area contributed by atoms with E-state index in [9.17, 15) is 13.2 Å². The van der Waals surface area contributed by atoms with Gasteiger partial charge in [-0.2, -0.15) is 18.2 Å². The number of aromatic nitrogens is 3. The highest BCUT2D eigenvalue weighted by Crippen LogP contribution is 2.35. The van der Waals surface area contributed by atoms with Gasteiger partial charge in [0.2, 0.25) is 5.95 Å². The fourth-order valence-corrected chi connectivity index (χ4v) is 2.32. The predicted octanol–water partition coefficient (Wildman–Crippen LogP) is 1.90. The second-order valence-electron chi connectivity index (χ2n) is 4.76. The standard InChI is InChI=1S/C13H14F3N5/c14-13(15,16)10-4-2-1-3-9(10)11-18-12(20-19-11)21-7-5-17-6-8-21/h1-4,17H,5-8H2,(H,18,19,20). The van der Waals surface area contributed by atoms with Crippen molar-refractivity contribution in [2.45, 2.75) is 6.18 Å². The number of H-pyrrole nitrogens is 1. The summed E-state index contributed by atoms with van der Waals surface area (Å²) in [4.78, 5) is 6.15. The zero-order valence-electron chi connectivity index (χ0n) is 11.1. The van der Waals surface area contributed by atoms with E-state index >= 15 is 0 Å². The van der Waals surface area contributed by atoms with Crippen molar-refractivity contribution < 1.29 is 13.2 Å². The van der Waals surface area contributed by atoms with E-state index in [1.165, 1.54) is 12.1 Å². The smallest absolute Gasteiger partial charge is 0.337 e. The SMILES string of the molecule is FC(F)(F)c1ccccc1-c1nc(N2CCNCC2)n[nH]1. The van der Waals surface area contributed by atoms with Crippen molar-refractivity contribution in [2.24, 2.45) is 0 Å². The Morgan fingerprint density at radius 3 is 2.52 bits per heavy atom. The molecule has 8 heteroatoms. The van der Waals surface area contributed by atoms with Crippen LogP contribution in [-0.4, -0.2) is 41.4 Å². The van der Waals surface area contributed by atoms with Crippen molar-refractivity contribution in [3.05, 3.63) is 29.8 Å². The zero-order valence-corrected chi connectivity index (χ0v) is 11.1. The molecule has 1 fully saturated rings. The molecule has 0 amide bonds. The molecular weight excluding hydrogens is 283 g/mol. The van der Waals surface area contributed by atoms with E-state index in [0.717, 1.165) is 32.2 Å². The minimum atomic E-state index is -4.42. The van der Waals surface area contributed by atoms with Crippen LogP contribution in [0.25, 0.3) is 11.4 Å². The molecule has 0 atom stereocenters. The lowest BCUT2D eigenvalue weighted by molar-refractivity contribution is -0.137. The average molecular weight is 297 g/mol. The number of alkyl halides is 3. The largest absolute Gasteiger partial charge is 0.417 e. The molecule has 1 aliphatic rings. The van der Waals surface area contributed by atoms with E-state index in [2.05, 4.69) is 20.5 Å². The third-order valence-corrected chi connectivity index (χ3v) is 3.36. The van der Waals surface area contributed by atoms with E-state index in [4.69, 9.17) is 0 Å². The summed E-state index contributed by atoms with van der Waals surface area (Å²) in [7, 11) is 0. The van der Waals surface area contributed by atoms with Crippen molar-refractivity contribution >= 4 is 5.95 Å². The van der Waals surface area contributed by atoms with Crippen LogP contribution < -0.4 is 10.2 Å². The van der Waals surface area contributed by atoms with Gasteiger partial charge in [-0.25, -0.2) is 0 Å². The van der Waals surface area contributed by atoms with Gasteiger partial charge >= 0.3 is 6.18 Å². The second-order valence-corrected chi connectivity index (χ2v) is 4.76. The van der Waals surface area contributed by atoms with Gasteiger partial charge in [0, 0.05) is 31.7 Å². The molecule has 0 saturated carbocycles. The first-order valence-corrected chi connectivity index (χ1v) is 6.60. The van der Waals surface area contributed by atoms with Crippen LogP contribution >= 0.6 is 0 Å². The van der Waals surface area contributed by atoms with Crippen LogP contribution in [0.4, 0.5) is 19.1 Å². The highest BCUT2D eigenvalue weighted by molar-refractivity contribution is 5.62. The molecule has 1 saturated heterocycles. The van der Waals surface area contributed by atoms with Crippen molar-refractivity contribution in [1.82, 2.24) is 20.5 Å². The number of benzene rings is 1. The third kappa shape index (κ3) is 2.85. The van der Waals surface area contributed by atoms with Gasteiger partial charge in [-0.05, 0) is 6.07 Å². The maximum absolute atomic E-state index is 13.0. The molecule has 2 N–H and O–H groups in total. The molecular formula is C13H14F3N5. The van der Waals surface area contributed by atoms with Gasteiger partial charge in [0.25, 0.3) is 0 Å². The number of rotatable bonds is 2. The summed E-state index contributed by atoms with van der Waals surface area (Å²) >= 11 is 0. The number of anilines is 1. The summed E-state index contributed by atoms with van der Waals surface area (Å²) in [5, 5.41) is 9.84. The molecule has 3 rings (SSSR count). The maximum Gasteiger partial charge on any atom is 0.417 e. The van der Waals surface area contributed by atoms with Gasteiger partial charge in [0.15, 0.2) is 5.82 Å². The number of nitrogens with zero attached hydrogens (tertiary/aromatic N) is 3. The van der Waals surface area contributed by atoms with Gasteiger partial charge in [-0.15, -0.1) is 5.10 Å². The Morgan fingerprint density at radius 2 is 1.81 bits per heavy atom. The van der Waals surface area contributed by atoms with Crippen molar-refractivity contribution in [2.75, 3.05) is 31.1 Å². The van der Waals surface area contributed by atoms with E-state index in [-0.39, 0.29) is 11.4 Å². The number of hydrogen-bond acceptors (Lipinski definition) is 4. The Morgan fingerprint density at radius 1 is 1.10 bits per heavy atom. The van der Waals surface area contributed by atoms with Gasteiger partial charge in [-0.3, -0.25) is 5.10 Å². The highest BCUT2D eigenvalue weighted by Gasteiger charge is 2.34. The Bertz CT molecular complexity index is 616. The van der Waals surface area contributed by atoms with Gasteiger partial charge < -0.3 is 10.2 Å². The molecule has 2 aromatic rings. The molecule has 0 radical (unpaired) electrons. The molecule has 0 spiro atoms. The number of nitrogens with one attached hydrogen (secondary N) is 2. The van der Waals surface area contributed by atoms with Crippen molar-refractivity contribution in [1.29, 1.82) is 0 Å². The highest BCUT2D eigenvalue weighted by atomic mass is 19.4. The van der Waals surface area contributed by atoms with Crippen LogP contribution in [0.2, 0.25) is 0 Å². The fraction of sp³-hybridized carbons (Fsp3) is 0.385. The summed E-state index contributed by atoms with van der Waals surface area (Å²) in [6.07, 6.45) is -4.42. The van der Waals surface area contributed by atoms with E-state index < -0.39 is 11.7 Å². The molecule has 0 unspecified atom stereocenters. The monoisotopic (exact) mass is 297 g/mol. The number of aromatic amines is 1. The molecule has 1 aromatic carbocycles. The fourth-order valence-electron chi connectivity index (χ4n) is 2.32. The van der Waals surface area contributed by atoms with E-state index in [0.29, 0.717) is 5.95 Å². The Balaban J connectivity index is 1.93. The predicted molar refractivity (Wildman–Crippen MR) is 71.9 cm³/mol. The van der Waals surface area contributed by atoms with Crippen molar-refractivity contribution in [3.8, 4) is 11.4 Å². The number of halogens is 3. The molecule has 112 valence electrons. The summed E-state index contributed by atoms with van der Waals surface area (Å²) in [5.41, 5.74) is -0.702. The van der Waals surface area contributed by atoms with Gasteiger partial charge in [0.05, 0.1) is 5.56 Å². The summed E-state index contributed by atoms with van der Waals surface area (Å²) < 4.78 is 39.0. The van der Waals surface area contributed by atoms with Crippen LogP contribution in [0.3, 0.4) is 0 Å². The van der Waals surface area contributed by atoms with Crippen molar-refractivity contribution in [3.63, 3.8) is 0 Å². The molecule has 0 bridgehead atoms. The maximum atomic E-state index is 13.0. The number of hydrogen-bond donors (Lipinski definition) is 2. The van der Waals surface area contributed by atoms with E-state index in [1.807, 2.05) is 4.90 Å². The molecule has 2 heterocycles. The molecule has 1 aliphatic heterocycles. The van der Waals surface area contributed by atoms with Crippen LogP contribution in [0.5, 0.6) is 0 Å². The summed E-state index contributed by atoms with van der Waals surface area (Å²) in [6.45, 7) is 3.09. The van der Waals surface area contributed by atoms with Crippen LogP contribution in [0.1, 0.15) is 5.56 Å². The van der Waals surface area contributed by atoms with Gasteiger partial charge in [-0.1, -0.05) is 18.2 Å². The zero-order chi connectivity index (χ0) is 14.9. The topological polar surface area (TPSA) is 56.8 Å². The van der Waals surface area contributed by atoms with Crippen LogP contribution in [-0.2, 0) is 6.18 Å². The molecule has 0 aliphatic carbocycles. The van der Waals surface area contributed by atoms with E-state index in [1.54, 1.807) is 6.07 Å².